The van der Waals surface area contributed by atoms with Crippen molar-refractivity contribution in [3.63, 3.8) is 0 Å². The molecule has 1 rings (SSSR count). The third-order valence-electron chi connectivity index (χ3n) is 2.25. The van der Waals surface area contributed by atoms with E-state index in [0.29, 0.717) is 11.0 Å². The normalized spacial score (nSPS) is 33.8. The molecule has 0 N–H and O–H groups in total. The second-order valence-electron chi connectivity index (χ2n) is 3.07. The Morgan fingerprint density at radius 3 is 2.40 bits per heavy atom. The van der Waals surface area contributed by atoms with E-state index in [2.05, 4.69) is 12.6 Å². The van der Waals surface area contributed by atoms with Crippen LogP contribution in [-0.2, 0) is 4.79 Å². The highest BCUT2D eigenvalue weighted by Gasteiger charge is 2.25. The van der Waals surface area contributed by atoms with Gasteiger partial charge in [0.15, 0.2) is 0 Å². The van der Waals surface area contributed by atoms with Gasteiger partial charge >= 0.3 is 0 Å². The van der Waals surface area contributed by atoms with Crippen molar-refractivity contribution in [1.82, 2.24) is 0 Å². The van der Waals surface area contributed by atoms with Gasteiger partial charge in [0, 0.05) is 11.2 Å². The smallest absolute Gasteiger partial charge is 0.134 e. The van der Waals surface area contributed by atoms with Gasteiger partial charge < -0.3 is 0 Å². The van der Waals surface area contributed by atoms with Crippen molar-refractivity contribution in [1.29, 1.82) is 0 Å². The molecule has 0 radical (unpaired) electrons. The van der Waals surface area contributed by atoms with Crippen LogP contribution in [0.5, 0.6) is 0 Å². The minimum atomic E-state index is 0.247. The van der Waals surface area contributed by atoms with E-state index in [-0.39, 0.29) is 5.92 Å². The molecule has 0 aromatic carbocycles. The van der Waals surface area contributed by atoms with Gasteiger partial charge in [-0.1, -0.05) is 12.8 Å². The first kappa shape index (κ1) is 8.12. The SMILES string of the molecule is CC(=O)C1CCCCC1S. The average Bonchev–Trinajstić information content (AvgIpc) is 1.88. The fraction of sp³-hybridized carbons (Fsp3) is 0.875. The van der Waals surface area contributed by atoms with Crippen LogP contribution < -0.4 is 0 Å². The molecule has 1 aliphatic rings. The molecule has 0 heterocycles. The monoisotopic (exact) mass is 158 g/mol. The Morgan fingerprint density at radius 2 is 2.00 bits per heavy atom. The minimum absolute atomic E-state index is 0.247. The number of thiol groups is 1. The van der Waals surface area contributed by atoms with Gasteiger partial charge in [0.2, 0.25) is 0 Å². The van der Waals surface area contributed by atoms with Crippen molar-refractivity contribution in [2.24, 2.45) is 5.92 Å². The van der Waals surface area contributed by atoms with E-state index in [1.807, 2.05) is 0 Å². The molecule has 2 atom stereocenters. The number of hydrogen-bond acceptors (Lipinski definition) is 2. The molecule has 1 aliphatic carbocycles. The Bertz CT molecular complexity index is 133. The highest BCUT2D eigenvalue weighted by Crippen LogP contribution is 2.28. The fourth-order valence-electron chi connectivity index (χ4n) is 1.59. The molecule has 0 bridgehead atoms. The summed E-state index contributed by atoms with van der Waals surface area (Å²) in [5, 5.41) is 0.339. The maximum Gasteiger partial charge on any atom is 0.134 e. The lowest BCUT2D eigenvalue weighted by molar-refractivity contribution is -0.121. The number of rotatable bonds is 1. The quantitative estimate of drug-likeness (QED) is 0.578. The molecule has 2 heteroatoms. The van der Waals surface area contributed by atoms with Crippen molar-refractivity contribution in [3.8, 4) is 0 Å². The summed E-state index contributed by atoms with van der Waals surface area (Å²) in [7, 11) is 0. The third kappa shape index (κ3) is 1.75. The third-order valence-corrected chi connectivity index (χ3v) is 2.87. The molecule has 1 nitrogen and oxygen atoms in total. The van der Waals surface area contributed by atoms with Crippen LogP contribution in [0.25, 0.3) is 0 Å². The molecular weight excluding hydrogens is 144 g/mol. The molecule has 1 fully saturated rings. The lowest BCUT2D eigenvalue weighted by Crippen LogP contribution is -2.25. The van der Waals surface area contributed by atoms with E-state index in [9.17, 15) is 4.79 Å². The molecule has 2 unspecified atom stereocenters. The van der Waals surface area contributed by atoms with Gasteiger partial charge in [-0.05, 0) is 19.8 Å². The number of carbonyl (C=O) groups is 1. The summed E-state index contributed by atoms with van der Waals surface area (Å²) in [6.07, 6.45) is 4.64. The van der Waals surface area contributed by atoms with Crippen molar-refractivity contribution in [3.05, 3.63) is 0 Å². The predicted octanol–water partition coefficient (Wildman–Crippen LogP) is 2.06. The van der Waals surface area contributed by atoms with Crippen LogP contribution in [0.2, 0.25) is 0 Å². The van der Waals surface area contributed by atoms with Gasteiger partial charge in [-0.3, -0.25) is 4.79 Å². The highest BCUT2D eigenvalue weighted by molar-refractivity contribution is 7.81. The number of ketones is 1. The zero-order chi connectivity index (χ0) is 7.56. The molecule has 1 saturated carbocycles. The van der Waals surface area contributed by atoms with Gasteiger partial charge in [-0.25, -0.2) is 0 Å². The van der Waals surface area contributed by atoms with E-state index in [1.54, 1.807) is 6.92 Å². The lowest BCUT2D eigenvalue weighted by atomic mass is 9.86. The molecule has 0 aromatic rings. The zero-order valence-corrected chi connectivity index (χ0v) is 7.23. The van der Waals surface area contributed by atoms with Crippen LogP contribution >= 0.6 is 12.6 Å². The summed E-state index contributed by atoms with van der Waals surface area (Å²) in [5.74, 6) is 0.566. The van der Waals surface area contributed by atoms with Crippen molar-refractivity contribution in [2.75, 3.05) is 0 Å². The van der Waals surface area contributed by atoms with Gasteiger partial charge in [0.1, 0.15) is 5.78 Å². The predicted molar refractivity (Wildman–Crippen MR) is 45.4 cm³/mol. The largest absolute Gasteiger partial charge is 0.300 e. The summed E-state index contributed by atoms with van der Waals surface area (Å²) >= 11 is 4.37. The van der Waals surface area contributed by atoms with Crippen molar-refractivity contribution >= 4 is 18.4 Å². The second kappa shape index (κ2) is 3.42. The van der Waals surface area contributed by atoms with Crippen LogP contribution in [-0.4, -0.2) is 11.0 Å². The van der Waals surface area contributed by atoms with Gasteiger partial charge in [-0.15, -0.1) is 0 Å². The summed E-state index contributed by atoms with van der Waals surface area (Å²) < 4.78 is 0. The Labute approximate surface area is 67.6 Å². The molecule has 0 amide bonds. The Kier molecular flexibility index (Phi) is 2.78. The van der Waals surface area contributed by atoms with Crippen LogP contribution in [0.15, 0.2) is 0 Å². The fourth-order valence-corrected chi connectivity index (χ4v) is 2.13. The van der Waals surface area contributed by atoms with Crippen molar-refractivity contribution in [2.45, 2.75) is 37.9 Å². The van der Waals surface area contributed by atoms with Gasteiger partial charge in [0.05, 0.1) is 0 Å². The molecule has 0 spiro atoms. The van der Waals surface area contributed by atoms with E-state index in [4.69, 9.17) is 0 Å². The number of Topliss-reactive ketones (excluding diaryl/α,β-unsaturated/α-hetero) is 1. The Morgan fingerprint density at radius 1 is 1.40 bits per heavy atom. The van der Waals surface area contributed by atoms with Crippen LogP contribution in [0.4, 0.5) is 0 Å². The number of carbonyl (C=O) groups excluding carboxylic acids is 1. The van der Waals surface area contributed by atoms with Gasteiger partial charge in [-0.2, -0.15) is 12.6 Å². The first-order chi connectivity index (χ1) is 4.72. The van der Waals surface area contributed by atoms with E-state index < -0.39 is 0 Å². The summed E-state index contributed by atoms with van der Waals surface area (Å²) in [6, 6.07) is 0. The van der Waals surface area contributed by atoms with Crippen LogP contribution in [0, 0.1) is 5.92 Å². The molecule has 0 aliphatic heterocycles. The van der Waals surface area contributed by atoms with Crippen molar-refractivity contribution < 1.29 is 4.79 Å². The minimum Gasteiger partial charge on any atom is -0.300 e. The molecule has 58 valence electrons. The highest BCUT2D eigenvalue weighted by atomic mass is 32.1. The molecular formula is C8H14OS. The van der Waals surface area contributed by atoms with Crippen LogP contribution in [0.1, 0.15) is 32.6 Å². The van der Waals surface area contributed by atoms with E-state index in [0.717, 1.165) is 12.8 Å². The first-order valence-corrected chi connectivity index (χ1v) is 4.42. The summed E-state index contributed by atoms with van der Waals surface area (Å²) in [6.45, 7) is 1.68. The topological polar surface area (TPSA) is 17.1 Å². The number of hydrogen-bond donors (Lipinski definition) is 1. The Balaban J connectivity index is 2.47. The molecule has 0 aromatic heterocycles. The van der Waals surface area contributed by atoms with Crippen LogP contribution in [0.3, 0.4) is 0 Å². The van der Waals surface area contributed by atoms with E-state index >= 15 is 0 Å². The maximum absolute atomic E-state index is 11.0. The second-order valence-corrected chi connectivity index (χ2v) is 3.73. The maximum atomic E-state index is 11.0. The van der Waals surface area contributed by atoms with E-state index in [1.165, 1.54) is 12.8 Å². The average molecular weight is 158 g/mol. The first-order valence-electron chi connectivity index (χ1n) is 3.90. The molecule has 10 heavy (non-hydrogen) atoms. The summed E-state index contributed by atoms with van der Waals surface area (Å²) in [4.78, 5) is 11.0. The zero-order valence-electron chi connectivity index (χ0n) is 6.34. The lowest BCUT2D eigenvalue weighted by Gasteiger charge is -2.25. The Hall–Kier alpha value is 0.0200. The summed E-state index contributed by atoms with van der Waals surface area (Å²) in [5.41, 5.74) is 0. The standard InChI is InChI=1S/C8H14OS/c1-6(9)7-4-2-3-5-8(7)10/h7-8,10H,2-5H2,1H3. The van der Waals surface area contributed by atoms with Gasteiger partial charge in [0.25, 0.3) is 0 Å². The molecule has 0 saturated heterocycles.